The van der Waals surface area contributed by atoms with Crippen LogP contribution in [0.3, 0.4) is 0 Å². The maximum absolute atomic E-state index is 5.39. The van der Waals surface area contributed by atoms with E-state index in [1.807, 2.05) is 0 Å². The summed E-state index contributed by atoms with van der Waals surface area (Å²) in [6.07, 6.45) is 7.01. The molecule has 2 heteroatoms. The van der Waals surface area contributed by atoms with Crippen molar-refractivity contribution in [2.75, 3.05) is 13.2 Å². The van der Waals surface area contributed by atoms with Crippen LogP contribution in [0.1, 0.15) is 12.8 Å². The first kappa shape index (κ1) is 6.21. The van der Waals surface area contributed by atoms with Crippen molar-refractivity contribution in [2.45, 2.75) is 18.6 Å². The van der Waals surface area contributed by atoms with Crippen LogP contribution < -0.4 is 0 Å². The van der Waals surface area contributed by atoms with Gasteiger partial charge in [0.1, 0.15) is 0 Å². The first-order chi connectivity index (χ1) is 4.85. The molecule has 0 aromatic heterocycles. The van der Waals surface area contributed by atoms with Gasteiger partial charge in [-0.05, 0) is 0 Å². The van der Waals surface area contributed by atoms with E-state index in [1.54, 1.807) is 0 Å². The fourth-order valence-electron chi connectivity index (χ4n) is 1.54. The van der Waals surface area contributed by atoms with Gasteiger partial charge in [0.15, 0.2) is 5.79 Å². The van der Waals surface area contributed by atoms with Gasteiger partial charge in [-0.1, -0.05) is 0 Å². The summed E-state index contributed by atoms with van der Waals surface area (Å²) in [6, 6.07) is 0. The average Bonchev–Trinajstić information content (AvgIpc) is 2.30. The minimum Gasteiger partial charge on any atom is -0.347 e. The third kappa shape index (κ3) is 0.749. The third-order valence-corrected chi connectivity index (χ3v) is 2.16. The van der Waals surface area contributed by atoms with E-state index in [-0.39, 0.29) is 5.79 Å². The fourth-order valence-corrected chi connectivity index (χ4v) is 1.54. The van der Waals surface area contributed by atoms with Crippen LogP contribution in [-0.4, -0.2) is 19.0 Å². The first-order valence-electron chi connectivity index (χ1n) is 3.59. The molecule has 0 N–H and O–H groups in total. The van der Waals surface area contributed by atoms with Crippen LogP contribution in [0, 0.1) is 18.3 Å². The van der Waals surface area contributed by atoms with Gasteiger partial charge in [0, 0.05) is 18.8 Å². The fraction of sp³-hybridized carbons (Fsp3) is 0.750. The molecule has 2 nitrogen and oxygen atoms in total. The molecule has 0 radical (unpaired) electrons. The largest absolute Gasteiger partial charge is 0.347 e. The Hall–Kier alpha value is -0.520. The van der Waals surface area contributed by atoms with Crippen molar-refractivity contribution in [2.24, 2.45) is 5.92 Å². The minimum absolute atomic E-state index is 0.253. The van der Waals surface area contributed by atoms with Crippen LogP contribution in [0.5, 0.6) is 0 Å². The van der Waals surface area contributed by atoms with Crippen LogP contribution in [0.25, 0.3) is 0 Å². The van der Waals surface area contributed by atoms with Gasteiger partial charge in [0.05, 0.1) is 13.2 Å². The zero-order valence-electron chi connectivity index (χ0n) is 5.80. The Bertz CT molecular complexity index is 166. The van der Waals surface area contributed by atoms with Gasteiger partial charge in [0.2, 0.25) is 0 Å². The predicted molar refractivity (Wildman–Crippen MR) is 36.2 cm³/mol. The zero-order chi connectivity index (χ0) is 7.03. The highest BCUT2D eigenvalue weighted by atomic mass is 16.7. The standard InChI is InChI=1S/C8H10O2/c1-2-7-5-8(6-7)9-3-4-10-8/h1,7H,3-6H2. The molecule has 0 amide bonds. The average molecular weight is 138 g/mol. The Kier molecular flexibility index (Phi) is 1.23. The van der Waals surface area contributed by atoms with Crippen molar-refractivity contribution in [1.29, 1.82) is 0 Å². The summed E-state index contributed by atoms with van der Waals surface area (Å²) >= 11 is 0. The Morgan fingerprint density at radius 2 is 1.90 bits per heavy atom. The van der Waals surface area contributed by atoms with Gasteiger partial charge >= 0.3 is 0 Å². The molecule has 1 aliphatic heterocycles. The van der Waals surface area contributed by atoms with E-state index in [4.69, 9.17) is 15.9 Å². The van der Waals surface area contributed by atoms with Crippen molar-refractivity contribution < 1.29 is 9.47 Å². The van der Waals surface area contributed by atoms with E-state index in [0.29, 0.717) is 5.92 Å². The summed E-state index contributed by atoms with van der Waals surface area (Å²) in [5, 5.41) is 0. The lowest BCUT2D eigenvalue weighted by molar-refractivity contribution is -0.220. The molecule has 0 atom stereocenters. The zero-order valence-corrected chi connectivity index (χ0v) is 5.80. The molecule has 1 spiro atoms. The van der Waals surface area contributed by atoms with Gasteiger partial charge in [-0.15, -0.1) is 12.3 Å². The van der Waals surface area contributed by atoms with Crippen LogP contribution in [0.15, 0.2) is 0 Å². The van der Waals surface area contributed by atoms with Crippen LogP contribution in [-0.2, 0) is 9.47 Å². The number of ether oxygens (including phenoxy) is 2. The molecule has 2 aliphatic rings. The number of rotatable bonds is 0. The van der Waals surface area contributed by atoms with Gasteiger partial charge in [0.25, 0.3) is 0 Å². The molecule has 1 aliphatic carbocycles. The lowest BCUT2D eigenvalue weighted by Gasteiger charge is -2.40. The maximum atomic E-state index is 5.39. The highest BCUT2D eigenvalue weighted by Gasteiger charge is 2.48. The Labute approximate surface area is 60.5 Å². The summed E-state index contributed by atoms with van der Waals surface area (Å²) in [5.41, 5.74) is 0. The molecule has 54 valence electrons. The highest BCUT2D eigenvalue weighted by Crippen LogP contribution is 2.43. The molecule has 2 fully saturated rings. The molecule has 1 saturated heterocycles. The molecule has 0 aromatic rings. The van der Waals surface area contributed by atoms with Gasteiger partial charge in [-0.25, -0.2) is 0 Å². The van der Waals surface area contributed by atoms with Crippen molar-refractivity contribution in [3.8, 4) is 12.3 Å². The van der Waals surface area contributed by atoms with Crippen molar-refractivity contribution in [3.63, 3.8) is 0 Å². The first-order valence-corrected chi connectivity index (χ1v) is 3.59. The number of hydrogen-bond acceptors (Lipinski definition) is 2. The molecular formula is C8H10O2. The second-order valence-corrected chi connectivity index (χ2v) is 2.88. The van der Waals surface area contributed by atoms with E-state index in [1.165, 1.54) is 0 Å². The molecule has 1 saturated carbocycles. The highest BCUT2D eigenvalue weighted by molar-refractivity contribution is 5.05. The van der Waals surface area contributed by atoms with E-state index in [2.05, 4.69) is 5.92 Å². The van der Waals surface area contributed by atoms with E-state index < -0.39 is 0 Å². The molecule has 0 bridgehead atoms. The van der Waals surface area contributed by atoms with Crippen molar-refractivity contribution >= 4 is 0 Å². The Morgan fingerprint density at radius 3 is 2.40 bits per heavy atom. The third-order valence-electron chi connectivity index (χ3n) is 2.16. The normalized spacial score (nSPS) is 29.9. The number of terminal acetylenes is 1. The van der Waals surface area contributed by atoms with Crippen LogP contribution >= 0.6 is 0 Å². The molecule has 0 aromatic carbocycles. The summed E-state index contributed by atoms with van der Waals surface area (Å²) < 4.78 is 10.8. The minimum atomic E-state index is -0.253. The molecular weight excluding hydrogens is 128 g/mol. The van der Waals surface area contributed by atoms with Crippen molar-refractivity contribution in [3.05, 3.63) is 0 Å². The molecule has 0 unspecified atom stereocenters. The predicted octanol–water partition coefficient (Wildman–Crippen LogP) is 0.773. The number of hydrogen-bond donors (Lipinski definition) is 0. The second kappa shape index (κ2) is 1.98. The van der Waals surface area contributed by atoms with Crippen LogP contribution in [0.2, 0.25) is 0 Å². The lowest BCUT2D eigenvalue weighted by Crippen LogP contribution is -2.44. The molecule has 1 heterocycles. The smallest absolute Gasteiger partial charge is 0.170 e. The van der Waals surface area contributed by atoms with Crippen molar-refractivity contribution in [1.82, 2.24) is 0 Å². The lowest BCUT2D eigenvalue weighted by atomic mass is 9.79. The second-order valence-electron chi connectivity index (χ2n) is 2.88. The SMILES string of the molecule is C#CC1CC2(C1)OCCO2. The molecule has 2 rings (SSSR count). The van der Waals surface area contributed by atoms with E-state index in [9.17, 15) is 0 Å². The Morgan fingerprint density at radius 1 is 1.30 bits per heavy atom. The van der Waals surface area contributed by atoms with Gasteiger partial charge in [-0.3, -0.25) is 0 Å². The van der Waals surface area contributed by atoms with Crippen LogP contribution in [0.4, 0.5) is 0 Å². The summed E-state index contributed by atoms with van der Waals surface area (Å²) in [6.45, 7) is 1.47. The van der Waals surface area contributed by atoms with Gasteiger partial charge in [-0.2, -0.15) is 0 Å². The summed E-state index contributed by atoms with van der Waals surface area (Å²) in [7, 11) is 0. The summed E-state index contributed by atoms with van der Waals surface area (Å²) in [5.74, 6) is 2.83. The Balaban J connectivity index is 1.94. The van der Waals surface area contributed by atoms with E-state index in [0.717, 1.165) is 26.1 Å². The summed E-state index contributed by atoms with van der Waals surface area (Å²) in [4.78, 5) is 0. The topological polar surface area (TPSA) is 18.5 Å². The van der Waals surface area contributed by atoms with Gasteiger partial charge < -0.3 is 9.47 Å². The quantitative estimate of drug-likeness (QED) is 0.460. The maximum Gasteiger partial charge on any atom is 0.170 e. The monoisotopic (exact) mass is 138 g/mol. The van der Waals surface area contributed by atoms with E-state index >= 15 is 0 Å². The molecule has 10 heavy (non-hydrogen) atoms.